The van der Waals surface area contributed by atoms with Gasteiger partial charge in [-0.15, -0.1) is 0 Å². The van der Waals surface area contributed by atoms with Gasteiger partial charge < -0.3 is 14.8 Å². The van der Waals surface area contributed by atoms with Crippen LogP contribution in [-0.2, 0) is 11.2 Å². The fourth-order valence-electron chi connectivity index (χ4n) is 2.66. The molecule has 102 valence electrons. The standard InChI is InChI=1S/C15H20N2O2/c1-18-14-4-2-11(3-5-14)8-13-10-19-15(17-13)12-6-7-16-9-12/h2-5,12-13,16H,6-10H2,1H3. The topological polar surface area (TPSA) is 42.9 Å². The van der Waals surface area contributed by atoms with E-state index in [1.54, 1.807) is 7.11 Å². The molecule has 2 aliphatic rings. The maximum Gasteiger partial charge on any atom is 0.188 e. The van der Waals surface area contributed by atoms with Gasteiger partial charge >= 0.3 is 0 Å². The van der Waals surface area contributed by atoms with Crippen molar-refractivity contribution in [3.8, 4) is 5.75 Å². The molecule has 2 unspecified atom stereocenters. The molecular weight excluding hydrogens is 240 g/mol. The molecule has 3 rings (SSSR count). The molecule has 1 aromatic carbocycles. The summed E-state index contributed by atoms with van der Waals surface area (Å²) in [5, 5.41) is 3.35. The van der Waals surface area contributed by atoms with E-state index in [0.29, 0.717) is 5.92 Å². The fourth-order valence-corrected chi connectivity index (χ4v) is 2.66. The molecule has 2 aliphatic heterocycles. The Hall–Kier alpha value is -1.55. The summed E-state index contributed by atoms with van der Waals surface area (Å²) in [5.41, 5.74) is 1.28. The van der Waals surface area contributed by atoms with E-state index in [-0.39, 0.29) is 6.04 Å². The second kappa shape index (κ2) is 5.61. The van der Waals surface area contributed by atoms with Gasteiger partial charge in [-0.1, -0.05) is 12.1 Å². The van der Waals surface area contributed by atoms with Gasteiger partial charge in [0.15, 0.2) is 5.90 Å². The minimum absolute atomic E-state index is 0.268. The van der Waals surface area contributed by atoms with Crippen LogP contribution in [0.2, 0.25) is 0 Å². The second-order valence-electron chi connectivity index (χ2n) is 5.17. The average molecular weight is 260 g/mol. The molecule has 0 radical (unpaired) electrons. The lowest BCUT2D eigenvalue weighted by molar-refractivity contribution is 0.299. The van der Waals surface area contributed by atoms with Crippen LogP contribution in [0.25, 0.3) is 0 Å². The van der Waals surface area contributed by atoms with Gasteiger partial charge in [0.1, 0.15) is 12.4 Å². The van der Waals surface area contributed by atoms with Gasteiger partial charge in [-0.2, -0.15) is 0 Å². The highest BCUT2D eigenvalue weighted by Crippen LogP contribution is 2.20. The molecule has 0 bridgehead atoms. The lowest BCUT2D eigenvalue weighted by Crippen LogP contribution is -2.17. The Labute approximate surface area is 113 Å². The highest BCUT2D eigenvalue weighted by Gasteiger charge is 2.28. The SMILES string of the molecule is COc1ccc(CC2COC(C3CCNC3)=N2)cc1. The molecule has 19 heavy (non-hydrogen) atoms. The predicted molar refractivity (Wildman–Crippen MR) is 74.8 cm³/mol. The first kappa shape index (κ1) is 12.5. The van der Waals surface area contributed by atoms with Crippen LogP contribution in [0.1, 0.15) is 12.0 Å². The van der Waals surface area contributed by atoms with Gasteiger partial charge in [-0.3, -0.25) is 0 Å². The highest BCUT2D eigenvalue weighted by molar-refractivity contribution is 5.80. The predicted octanol–water partition coefficient (Wildman–Crippen LogP) is 1.64. The van der Waals surface area contributed by atoms with Crippen molar-refractivity contribution in [2.24, 2.45) is 10.9 Å². The van der Waals surface area contributed by atoms with E-state index in [1.165, 1.54) is 5.56 Å². The smallest absolute Gasteiger partial charge is 0.188 e. The molecule has 2 heterocycles. The zero-order valence-corrected chi connectivity index (χ0v) is 11.3. The zero-order valence-electron chi connectivity index (χ0n) is 11.3. The van der Waals surface area contributed by atoms with Crippen molar-refractivity contribution >= 4 is 5.90 Å². The summed E-state index contributed by atoms with van der Waals surface area (Å²) in [6.45, 7) is 2.81. The van der Waals surface area contributed by atoms with Gasteiger partial charge in [0.05, 0.1) is 13.2 Å². The first-order chi connectivity index (χ1) is 9.35. The summed E-state index contributed by atoms with van der Waals surface area (Å²) in [7, 11) is 1.69. The Morgan fingerprint density at radius 1 is 1.37 bits per heavy atom. The fraction of sp³-hybridized carbons (Fsp3) is 0.533. The maximum absolute atomic E-state index is 5.75. The second-order valence-corrected chi connectivity index (χ2v) is 5.17. The van der Waals surface area contributed by atoms with Gasteiger partial charge in [0, 0.05) is 12.5 Å². The summed E-state index contributed by atoms with van der Waals surface area (Å²) < 4.78 is 10.9. The Kier molecular flexibility index (Phi) is 3.69. The summed E-state index contributed by atoms with van der Waals surface area (Å²) >= 11 is 0. The van der Waals surface area contributed by atoms with E-state index in [2.05, 4.69) is 17.4 Å². The van der Waals surface area contributed by atoms with E-state index < -0.39 is 0 Å². The third-order valence-electron chi connectivity index (χ3n) is 3.77. The molecule has 2 atom stereocenters. The molecule has 1 fully saturated rings. The van der Waals surface area contributed by atoms with Crippen LogP contribution in [0.15, 0.2) is 29.3 Å². The quantitative estimate of drug-likeness (QED) is 0.895. The molecule has 1 N–H and O–H groups in total. The Balaban J connectivity index is 1.60. The number of ether oxygens (including phenoxy) is 2. The van der Waals surface area contributed by atoms with Crippen LogP contribution >= 0.6 is 0 Å². The summed E-state index contributed by atoms with van der Waals surface area (Å²) in [5.74, 6) is 2.34. The summed E-state index contributed by atoms with van der Waals surface area (Å²) in [6.07, 6.45) is 2.09. The number of nitrogens with one attached hydrogen (secondary N) is 1. The number of rotatable bonds is 4. The van der Waals surface area contributed by atoms with E-state index in [4.69, 9.17) is 14.5 Å². The number of methoxy groups -OCH3 is 1. The molecule has 0 aliphatic carbocycles. The number of hydrogen-bond donors (Lipinski definition) is 1. The van der Waals surface area contributed by atoms with Crippen molar-refractivity contribution in [3.63, 3.8) is 0 Å². The van der Waals surface area contributed by atoms with E-state index >= 15 is 0 Å². The molecule has 0 amide bonds. The lowest BCUT2D eigenvalue weighted by Gasteiger charge is -2.06. The third-order valence-corrected chi connectivity index (χ3v) is 3.77. The molecule has 0 aromatic heterocycles. The van der Waals surface area contributed by atoms with Crippen LogP contribution in [-0.4, -0.2) is 38.7 Å². The summed E-state index contributed by atoms with van der Waals surface area (Å²) in [4.78, 5) is 4.73. The van der Waals surface area contributed by atoms with Crippen molar-refractivity contribution in [1.82, 2.24) is 5.32 Å². The van der Waals surface area contributed by atoms with Crippen molar-refractivity contribution in [3.05, 3.63) is 29.8 Å². The molecule has 4 heteroatoms. The Bertz CT molecular complexity index is 450. The van der Waals surface area contributed by atoms with Crippen molar-refractivity contribution in [1.29, 1.82) is 0 Å². The zero-order chi connectivity index (χ0) is 13.1. The molecule has 1 aromatic rings. The minimum atomic E-state index is 0.268. The van der Waals surface area contributed by atoms with Gasteiger partial charge in [0.2, 0.25) is 0 Å². The minimum Gasteiger partial charge on any atom is -0.497 e. The Morgan fingerprint density at radius 3 is 2.89 bits per heavy atom. The number of benzene rings is 1. The van der Waals surface area contributed by atoms with E-state index in [0.717, 1.165) is 44.2 Å². The number of hydrogen-bond acceptors (Lipinski definition) is 4. The van der Waals surface area contributed by atoms with Crippen molar-refractivity contribution in [2.75, 3.05) is 26.8 Å². The first-order valence-corrected chi connectivity index (χ1v) is 6.89. The van der Waals surface area contributed by atoms with Crippen LogP contribution in [0.4, 0.5) is 0 Å². The monoisotopic (exact) mass is 260 g/mol. The van der Waals surface area contributed by atoms with Gasteiger partial charge in [-0.25, -0.2) is 4.99 Å². The Morgan fingerprint density at radius 2 is 2.21 bits per heavy atom. The first-order valence-electron chi connectivity index (χ1n) is 6.89. The van der Waals surface area contributed by atoms with E-state index in [1.807, 2.05) is 12.1 Å². The normalized spacial score (nSPS) is 26.1. The van der Waals surface area contributed by atoms with Crippen molar-refractivity contribution < 1.29 is 9.47 Å². The third kappa shape index (κ3) is 2.89. The maximum atomic E-state index is 5.75. The van der Waals surface area contributed by atoms with Crippen LogP contribution in [0, 0.1) is 5.92 Å². The van der Waals surface area contributed by atoms with Gasteiger partial charge in [-0.05, 0) is 37.1 Å². The van der Waals surface area contributed by atoms with Crippen LogP contribution in [0.3, 0.4) is 0 Å². The van der Waals surface area contributed by atoms with Gasteiger partial charge in [0.25, 0.3) is 0 Å². The van der Waals surface area contributed by atoms with E-state index in [9.17, 15) is 0 Å². The van der Waals surface area contributed by atoms with Crippen molar-refractivity contribution in [2.45, 2.75) is 18.9 Å². The molecule has 0 spiro atoms. The van der Waals surface area contributed by atoms with Crippen LogP contribution in [0.5, 0.6) is 5.75 Å². The highest BCUT2D eigenvalue weighted by atomic mass is 16.5. The lowest BCUT2D eigenvalue weighted by atomic mass is 10.1. The van der Waals surface area contributed by atoms with Crippen LogP contribution < -0.4 is 10.1 Å². The summed E-state index contributed by atoms with van der Waals surface area (Å²) in [6, 6.07) is 8.46. The average Bonchev–Trinajstić information content (AvgIpc) is 3.10. The number of nitrogens with zero attached hydrogens (tertiary/aromatic N) is 1. The number of aliphatic imine (C=N–C) groups is 1. The molecule has 0 saturated carbocycles. The molecule has 4 nitrogen and oxygen atoms in total. The molecular formula is C15H20N2O2. The largest absolute Gasteiger partial charge is 0.497 e. The molecule has 1 saturated heterocycles.